The van der Waals surface area contributed by atoms with Crippen molar-refractivity contribution in [3.8, 4) is 0 Å². The highest BCUT2D eigenvalue weighted by molar-refractivity contribution is 5.77. The minimum atomic E-state index is -0.420. The van der Waals surface area contributed by atoms with Crippen molar-refractivity contribution >= 4 is 5.91 Å². The van der Waals surface area contributed by atoms with Crippen LogP contribution in [0, 0.1) is 24.5 Å². The molecule has 3 N–H and O–H groups in total. The van der Waals surface area contributed by atoms with Crippen LogP contribution in [0.25, 0.3) is 0 Å². The van der Waals surface area contributed by atoms with Gasteiger partial charge in [0.25, 0.3) is 0 Å². The van der Waals surface area contributed by atoms with E-state index in [0.717, 1.165) is 30.5 Å². The average molecular weight is 376 g/mol. The van der Waals surface area contributed by atoms with Gasteiger partial charge < -0.3 is 5.32 Å². The maximum Gasteiger partial charge on any atom is 0.246 e. The number of carbonyl (C=O) groups excluding carboxylic acids is 1. The number of benzene rings is 2. The SMILES string of the molecule is Cc1cc(C[C@H](CCCCNCc2ccc(F)cc2)C(=O)NO)ccc1F. The molecule has 146 valence electrons. The second-order valence-corrected chi connectivity index (χ2v) is 6.76. The molecule has 27 heavy (non-hydrogen) atoms. The van der Waals surface area contributed by atoms with Crippen LogP contribution < -0.4 is 10.8 Å². The summed E-state index contributed by atoms with van der Waals surface area (Å²) in [6.45, 7) is 3.13. The number of carbonyl (C=O) groups is 1. The number of rotatable bonds is 10. The summed E-state index contributed by atoms with van der Waals surface area (Å²) < 4.78 is 26.2. The van der Waals surface area contributed by atoms with Crippen LogP contribution in [0.5, 0.6) is 0 Å². The Bertz CT molecular complexity index is 735. The van der Waals surface area contributed by atoms with Crippen LogP contribution >= 0.6 is 0 Å². The number of nitrogens with one attached hydrogen (secondary N) is 2. The van der Waals surface area contributed by atoms with Crippen LogP contribution in [-0.2, 0) is 17.8 Å². The Morgan fingerprint density at radius 1 is 1.07 bits per heavy atom. The first kappa shape index (κ1) is 21.0. The quantitative estimate of drug-likeness (QED) is 0.335. The fraction of sp³-hybridized carbons (Fsp3) is 0.381. The van der Waals surface area contributed by atoms with Gasteiger partial charge in [0.2, 0.25) is 5.91 Å². The van der Waals surface area contributed by atoms with Crippen molar-refractivity contribution in [2.75, 3.05) is 6.54 Å². The first-order valence-electron chi connectivity index (χ1n) is 9.13. The van der Waals surface area contributed by atoms with Gasteiger partial charge in [-0.05, 0) is 67.6 Å². The molecule has 0 unspecified atom stereocenters. The van der Waals surface area contributed by atoms with Gasteiger partial charge in [0.15, 0.2) is 0 Å². The van der Waals surface area contributed by atoms with E-state index in [4.69, 9.17) is 5.21 Å². The molecule has 0 aliphatic rings. The molecule has 0 bridgehead atoms. The van der Waals surface area contributed by atoms with Gasteiger partial charge in [0.1, 0.15) is 11.6 Å². The van der Waals surface area contributed by atoms with E-state index in [1.165, 1.54) is 18.2 Å². The van der Waals surface area contributed by atoms with Crippen molar-refractivity contribution in [1.82, 2.24) is 10.8 Å². The van der Waals surface area contributed by atoms with Gasteiger partial charge in [0, 0.05) is 12.5 Å². The highest BCUT2D eigenvalue weighted by Gasteiger charge is 2.18. The van der Waals surface area contributed by atoms with Gasteiger partial charge in [0.05, 0.1) is 0 Å². The average Bonchev–Trinajstić information content (AvgIpc) is 2.67. The lowest BCUT2D eigenvalue weighted by atomic mass is 9.92. The van der Waals surface area contributed by atoms with E-state index in [1.54, 1.807) is 36.7 Å². The zero-order valence-electron chi connectivity index (χ0n) is 15.5. The summed E-state index contributed by atoms with van der Waals surface area (Å²) in [5.74, 6) is -1.30. The summed E-state index contributed by atoms with van der Waals surface area (Å²) in [5, 5.41) is 12.3. The van der Waals surface area contributed by atoms with Crippen LogP contribution in [0.2, 0.25) is 0 Å². The van der Waals surface area contributed by atoms with E-state index in [2.05, 4.69) is 5.32 Å². The lowest BCUT2D eigenvalue weighted by molar-refractivity contribution is -0.133. The number of hydroxylamine groups is 1. The Labute approximate surface area is 158 Å². The molecule has 0 aliphatic carbocycles. The molecule has 2 rings (SSSR count). The Morgan fingerprint density at radius 2 is 1.78 bits per heavy atom. The van der Waals surface area contributed by atoms with Gasteiger partial charge in [-0.25, -0.2) is 14.3 Å². The third-order valence-electron chi connectivity index (χ3n) is 4.58. The third-order valence-corrected chi connectivity index (χ3v) is 4.58. The fourth-order valence-electron chi connectivity index (χ4n) is 3.01. The van der Waals surface area contributed by atoms with Crippen LogP contribution in [0.15, 0.2) is 42.5 Å². The van der Waals surface area contributed by atoms with E-state index < -0.39 is 5.91 Å². The Balaban J connectivity index is 1.74. The van der Waals surface area contributed by atoms with E-state index in [0.29, 0.717) is 24.9 Å². The van der Waals surface area contributed by atoms with Crippen LogP contribution in [0.4, 0.5) is 8.78 Å². The summed E-state index contributed by atoms with van der Waals surface area (Å²) in [6, 6.07) is 11.2. The van der Waals surface area contributed by atoms with Gasteiger partial charge in [-0.15, -0.1) is 0 Å². The normalized spacial score (nSPS) is 12.0. The van der Waals surface area contributed by atoms with Crippen LogP contribution in [0.3, 0.4) is 0 Å². The molecule has 0 radical (unpaired) electrons. The molecule has 1 atom stereocenters. The van der Waals surface area contributed by atoms with Crippen LogP contribution in [0.1, 0.15) is 36.0 Å². The molecule has 0 saturated carbocycles. The third kappa shape index (κ3) is 7.07. The number of unbranched alkanes of at least 4 members (excludes halogenated alkanes) is 1. The largest absolute Gasteiger partial charge is 0.313 e. The molecular weight excluding hydrogens is 350 g/mol. The van der Waals surface area contributed by atoms with Crippen molar-refractivity contribution in [3.63, 3.8) is 0 Å². The lowest BCUT2D eigenvalue weighted by Crippen LogP contribution is -2.29. The molecule has 0 aromatic heterocycles. The molecule has 2 aromatic rings. The molecule has 0 saturated heterocycles. The predicted octanol–water partition coefficient (Wildman–Crippen LogP) is 3.90. The smallest absolute Gasteiger partial charge is 0.246 e. The van der Waals surface area contributed by atoms with Gasteiger partial charge in [-0.1, -0.05) is 30.7 Å². The molecule has 0 aliphatic heterocycles. The Kier molecular flexibility index (Phi) is 8.36. The number of halogens is 2. The molecule has 1 amide bonds. The molecule has 2 aromatic carbocycles. The second kappa shape index (κ2) is 10.7. The monoisotopic (exact) mass is 376 g/mol. The first-order chi connectivity index (χ1) is 13.0. The van der Waals surface area contributed by atoms with Crippen molar-refractivity contribution in [2.45, 2.75) is 39.2 Å². The van der Waals surface area contributed by atoms with Gasteiger partial charge >= 0.3 is 0 Å². The zero-order chi connectivity index (χ0) is 19.6. The fourth-order valence-corrected chi connectivity index (χ4v) is 3.01. The summed E-state index contributed by atoms with van der Waals surface area (Å²) in [5.41, 5.74) is 4.16. The summed E-state index contributed by atoms with van der Waals surface area (Å²) in [7, 11) is 0. The standard InChI is InChI=1S/C21H26F2N2O2/c1-15-12-17(7-10-20(15)23)13-18(21(26)25-27)4-2-3-11-24-14-16-5-8-19(22)9-6-16/h5-10,12,18,24,27H,2-4,11,13-14H2,1H3,(H,25,26)/t18-/m0/s1. The minimum Gasteiger partial charge on any atom is -0.313 e. The molecule has 0 fully saturated rings. The number of hydrogen-bond donors (Lipinski definition) is 3. The maximum absolute atomic E-state index is 13.4. The van der Waals surface area contributed by atoms with Crippen molar-refractivity contribution in [2.24, 2.45) is 5.92 Å². The summed E-state index contributed by atoms with van der Waals surface area (Å²) in [6.07, 6.45) is 2.77. The lowest BCUT2D eigenvalue weighted by Gasteiger charge is -2.15. The molecule has 0 heterocycles. The minimum absolute atomic E-state index is 0.247. The van der Waals surface area contributed by atoms with E-state index in [9.17, 15) is 13.6 Å². The summed E-state index contributed by atoms with van der Waals surface area (Å²) >= 11 is 0. The van der Waals surface area contributed by atoms with Crippen molar-refractivity contribution in [1.29, 1.82) is 0 Å². The molecule has 6 heteroatoms. The molecule has 4 nitrogen and oxygen atoms in total. The second-order valence-electron chi connectivity index (χ2n) is 6.76. The molecule has 0 spiro atoms. The molecular formula is C21H26F2N2O2. The highest BCUT2D eigenvalue weighted by atomic mass is 19.1. The van der Waals surface area contributed by atoms with E-state index in [-0.39, 0.29) is 17.6 Å². The van der Waals surface area contributed by atoms with Crippen molar-refractivity contribution < 1.29 is 18.8 Å². The van der Waals surface area contributed by atoms with Crippen molar-refractivity contribution in [3.05, 3.63) is 70.8 Å². The maximum atomic E-state index is 13.4. The van der Waals surface area contributed by atoms with Gasteiger partial charge in [-0.2, -0.15) is 0 Å². The summed E-state index contributed by atoms with van der Waals surface area (Å²) in [4.78, 5) is 11.9. The topological polar surface area (TPSA) is 61.4 Å². The van der Waals surface area contributed by atoms with Gasteiger partial charge in [-0.3, -0.25) is 10.0 Å². The predicted molar refractivity (Wildman–Crippen MR) is 100 cm³/mol. The van der Waals surface area contributed by atoms with Crippen LogP contribution in [-0.4, -0.2) is 17.7 Å². The highest BCUT2D eigenvalue weighted by Crippen LogP contribution is 2.18. The van der Waals surface area contributed by atoms with E-state index >= 15 is 0 Å². The number of hydrogen-bond acceptors (Lipinski definition) is 3. The zero-order valence-corrected chi connectivity index (χ0v) is 15.5. The van der Waals surface area contributed by atoms with E-state index in [1.807, 2.05) is 0 Å². The number of aryl methyl sites for hydroxylation is 1. The first-order valence-corrected chi connectivity index (χ1v) is 9.13. The Morgan fingerprint density at radius 3 is 2.44 bits per heavy atom. The number of amides is 1. The Hall–Kier alpha value is -2.31.